The topological polar surface area (TPSA) is 33.2 Å². The quantitative estimate of drug-likeness (QED) is 0.571. The highest BCUT2D eigenvalue weighted by molar-refractivity contribution is 9.10. The lowest BCUT2D eigenvalue weighted by Crippen LogP contribution is -2.27. The number of rotatable bonds is 5. The van der Waals surface area contributed by atoms with Gasteiger partial charge in [-0.2, -0.15) is 0 Å². The first kappa shape index (κ1) is 17.3. The minimum Gasteiger partial charge on any atom is -0.341 e. The van der Waals surface area contributed by atoms with Crippen LogP contribution in [0.3, 0.4) is 0 Å². The molecule has 2 heterocycles. The first-order chi connectivity index (χ1) is 11.5. The van der Waals surface area contributed by atoms with Crippen LogP contribution in [0.2, 0.25) is 0 Å². The van der Waals surface area contributed by atoms with Crippen molar-refractivity contribution in [3.05, 3.63) is 61.7 Å². The fraction of sp³-hybridized carbons (Fsp3) is 0.222. The van der Waals surface area contributed by atoms with Gasteiger partial charge >= 0.3 is 0 Å². The molecule has 1 amide bonds. The SMILES string of the molecule is Cc1nc(-c2cccs2)c(CC(=O)N(C)Cc2ccccc2Br)s1. The van der Waals surface area contributed by atoms with E-state index in [0.29, 0.717) is 13.0 Å². The van der Waals surface area contributed by atoms with Crippen LogP contribution in [0.15, 0.2) is 46.3 Å². The van der Waals surface area contributed by atoms with Crippen LogP contribution in [0.5, 0.6) is 0 Å². The number of amides is 1. The Morgan fingerprint density at radius 3 is 2.75 bits per heavy atom. The second kappa shape index (κ2) is 7.59. The van der Waals surface area contributed by atoms with Crippen molar-refractivity contribution in [3.63, 3.8) is 0 Å². The Labute approximate surface area is 158 Å². The highest BCUT2D eigenvalue weighted by Gasteiger charge is 2.18. The lowest BCUT2D eigenvalue weighted by Gasteiger charge is -2.18. The van der Waals surface area contributed by atoms with E-state index in [0.717, 1.165) is 30.5 Å². The standard InChI is InChI=1S/C18H17BrN2OS2/c1-12-20-18(15-8-5-9-23-15)16(24-12)10-17(22)21(2)11-13-6-3-4-7-14(13)19/h3-9H,10-11H2,1-2H3. The Kier molecular flexibility index (Phi) is 5.48. The van der Waals surface area contributed by atoms with E-state index < -0.39 is 0 Å². The minimum atomic E-state index is 0.104. The molecule has 0 aliphatic heterocycles. The van der Waals surface area contributed by atoms with Crippen LogP contribution in [-0.4, -0.2) is 22.8 Å². The molecule has 3 rings (SSSR count). The molecule has 3 nitrogen and oxygen atoms in total. The van der Waals surface area contributed by atoms with E-state index in [9.17, 15) is 4.79 Å². The number of benzene rings is 1. The fourth-order valence-electron chi connectivity index (χ4n) is 2.44. The van der Waals surface area contributed by atoms with Gasteiger partial charge in [-0.15, -0.1) is 22.7 Å². The number of carbonyl (C=O) groups is 1. The Bertz CT molecular complexity index is 843. The van der Waals surface area contributed by atoms with Crippen molar-refractivity contribution in [1.82, 2.24) is 9.88 Å². The van der Waals surface area contributed by atoms with Crippen LogP contribution in [0, 0.1) is 6.92 Å². The summed E-state index contributed by atoms with van der Waals surface area (Å²) >= 11 is 6.80. The lowest BCUT2D eigenvalue weighted by molar-refractivity contribution is -0.129. The van der Waals surface area contributed by atoms with E-state index in [1.807, 2.05) is 49.7 Å². The Morgan fingerprint density at radius 1 is 1.25 bits per heavy atom. The first-order valence-electron chi connectivity index (χ1n) is 7.52. The number of thiophene rings is 1. The van der Waals surface area contributed by atoms with Crippen LogP contribution in [0.25, 0.3) is 10.6 Å². The number of aromatic nitrogens is 1. The summed E-state index contributed by atoms with van der Waals surface area (Å²) in [5.74, 6) is 0.104. The third kappa shape index (κ3) is 3.94. The molecule has 0 bridgehead atoms. The van der Waals surface area contributed by atoms with Gasteiger partial charge in [0.2, 0.25) is 5.91 Å². The van der Waals surface area contributed by atoms with Gasteiger partial charge in [-0.1, -0.05) is 40.2 Å². The van der Waals surface area contributed by atoms with Gasteiger partial charge in [0.15, 0.2) is 0 Å². The molecule has 0 N–H and O–H groups in total. The molecule has 3 aromatic rings. The number of aryl methyl sites for hydroxylation is 1. The first-order valence-corrected chi connectivity index (χ1v) is 10.0. The average Bonchev–Trinajstić information content (AvgIpc) is 3.19. The van der Waals surface area contributed by atoms with E-state index in [-0.39, 0.29) is 5.91 Å². The molecular weight excluding hydrogens is 404 g/mol. The summed E-state index contributed by atoms with van der Waals surface area (Å²) in [6.07, 6.45) is 0.389. The van der Waals surface area contributed by atoms with Crippen molar-refractivity contribution >= 4 is 44.5 Å². The van der Waals surface area contributed by atoms with Gasteiger partial charge < -0.3 is 4.90 Å². The Hall–Kier alpha value is -1.50. The summed E-state index contributed by atoms with van der Waals surface area (Å²) in [6.45, 7) is 2.58. The number of likely N-dealkylation sites (N-methyl/N-ethyl adjacent to an activating group) is 1. The summed E-state index contributed by atoms with van der Waals surface area (Å²) in [5.41, 5.74) is 2.06. The molecule has 0 unspecified atom stereocenters. The van der Waals surface area contributed by atoms with Crippen molar-refractivity contribution < 1.29 is 4.79 Å². The Morgan fingerprint density at radius 2 is 2.04 bits per heavy atom. The molecule has 0 spiro atoms. The summed E-state index contributed by atoms with van der Waals surface area (Å²) in [6, 6.07) is 12.1. The molecule has 2 aromatic heterocycles. The molecular formula is C18H17BrN2OS2. The molecule has 0 aliphatic rings. The van der Waals surface area contributed by atoms with Gasteiger partial charge in [0.25, 0.3) is 0 Å². The highest BCUT2D eigenvalue weighted by atomic mass is 79.9. The van der Waals surface area contributed by atoms with Crippen LogP contribution in [0.4, 0.5) is 0 Å². The van der Waals surface area contributed by atoms with E-state index in [4.69, 9.17) is 0 Å². The summed E-state index contributed by atoms with van der Waals surface area (Å²) in [4.78, 5) is 21.2. The molecule has 24 heavy (non-hydrogen) atoms. The van der Waals surface area contributed by atoms with E-state index in [1.54, 1.807) is 27.6 Å². The zero-order valence-corrected chi connectivity index (χ0v) is 16.7. The Balaban J connectivity index is 1.74. The smallest absolute Gasteiger partial charge is 0.227 e. The van der Waals surface area contributed by atoms with Gasteiger partial charge in [0.05, 0.1) is 22.0 Å². The van der Waals surface area contributed by atoms with Crippen LogP contribution >= 0.6 is 38.6 Å². The highest BCUT2D eigenvalue weighted by Crippen LogP contribution is 2.32. The average molecular weight is 421 g/mol. The monoisotopic (exact) mass is 420 g/mol. The third-order valence-corrected chi connectivity index (χ3v) is 6.28. The summed E-state index contributed by atoms with van der Waals surface area (Å²) in [7, 11) is 1.85. The van der Waals surface area contributed by atoms with Crippen LogP contribution < -0.4 is 0 Å². The molecule has 0 aliphatic carbocycles. The lowest BCUT2D eigenvalue weighted by atomic mass is 10.2. The number of carbonyl (C=O) groups excluding carboxylic acids is 1. The van der Waals surface area contributed by atoms with Gasteiger partial charge in [-0.25, -0.2) is 4.98 Å². The van der Waals surface area contributed by atoms with Crippen LogP contribution in [0.1, 0.15) is 15.4 Å². The molecule has 0 atom stereocenters. The predicted molar refractivity (Wildman–Crippen MR) is 104 cm³/mol. The van der Waals surface area contributed by atoms with Gasteiger partial charge in [-0.05, 0) is 30.0 Å². The maximum Gasteiger partial charge on any atom is 0.227 e. The number of hydrogen-bond donors (Lipinski definition) is 0. The normalized spacial score (nSPS) is 10.8. The van der Waals surface area contributed by atoms with Crippen molar-refractivity contribution in [2.45, 2.75) is 19.9 Å². The minimum absolute atomic E-state index is 0.104. The summed E-state index contributed by atoms with van der Waals surface area (Å²) < 4.78 is 1.03. The second-order valence-corrected chi connectivity index (χ2v) is 8.59. The van der Waals surface area contributed by atoms with Crippen molar-refractivity contribution in [2.24, 2.45) is 0 Å². The molecule has 6 heteroatoms. The summed E-state index contributed by atoms with van der Waals surface area (Å²) in [5, 5.41) is 3.03. The third-order valence-electron chi connectivity index (χ3n) is 3.66. The number of thiazole rings is 1. The van der Waals surface area contributed by atoms with E-state index in [1.165, 1.54) is 0 Å². The number of halogens is 1. The predicted octanol–water partition coefficient (Wildman–Crippen LogP) is 5.14. The molecule has 124 valence electrons. The zero-order chi connectivity index (χ0) is 17.1. The molecule has 1 aromatic carbocycles. The van der Waals surface area contributed by atoms with Crippen molar-refractivity contribution in [1.29, 1.82) is 0 Å². The van der Waals surface area contributed by atoms with E-state index in [2.05, 4.69) is 27.0 Å². The maximum atomic E-state index is 12.7. The molecule has 0 radical (unpaired) electrons. The molecule has 0 saturated carbocycles. The fourth-order valence-corrected chi connectivity index (χ4v) is 4.60. The molecule has 0 fully saturated rings. The number of nitrogens with zero attached hydrogens (tertiary/aromatic N) is 2. The van der Waals surface area contributed by atoms with E-state index >= 15 is 0 Å². The maximum absolute atomic E-state index is 12.7. The van der Waals surface area contributed by atoms with Gasteiger partial charge in [-0.3, -0.25) is 4.79 Å². The molecule has 0 saturated heterocycles. The second-order valence-electron chi connectivity index (χ2n) is 5.50. The van der Waals surface area contributed by atoms with Crippen molar-refractivity contribution in [3.8, 4) is 10.6 Å². The number of hydrogen-bond acceptors (Lipinski definition) is 4. The van der Waals surface area contributed by atoms with Gasteiger partial charge in [0, 0.05) is 22.9 Å². The van der Waals surface area contributed by atoms with Gasteiger partial charge in [0.1, 0.15) is 0 Å². The van der Waals surface area contributed by atoms with Crippen molar-refractivity contribution in [2.75, 3.05) is 7.05 Å². The largest absolute Gasteiger partial charge is 0.341 e. The van der Waals surface area contributed by atoms with Crippen LogP contribution in [-0.2, 0) is 17.8 Å². The zero-order valence-electron chi connectivity index (χ0n) is 13.5.